The summed E-state index contributed by atoms with van der Waals surface area (Å²) in [6, 6.07) is 19.8. The minimum absolute atomic E-state index is 0.0625. The van der Waals surface area contributed by atoms with Gasteiger partial charge in [-0.2, -0.15) is 0 Å². The van der Waals surface area contributed by atoms with E-state index >= 15 is 0 Å². The third-order valence-electron chi connectivity index (χ3n) is 11.4. The largest absolute Gasteiger partial charge is 0.310 e. The maximum absolute atomic E-state index is 3.04. The first-order valence-corrected chi connectivity index (χ1v) is 19.7. The maximum atomic E-state index is 3.04. The van der Waals surface area contributed by atoms with Crippen LogP contribution in [0.25, 0.3) is 0 Å². The lowest BCUT2D eigenvalue weighted by Gasteiger charge is -2.58. The van der Waals surface area contributed by atoms with Gasteiger partial charge in [-0.1, -0.05) is 88.0 Å². The summed E-state index contributed by atoms with van der Waals surface area (Å²) < 4.78 is 3.04. The second kappa shape index (κ2) is 10.8. The average molecular weight is 595 g/mol. The van der Waals surface area contributed by atoms with E-state index in [-0.39, 0.29) is 16.5 Å². The predicted molar refractivity (Wildman–Crippen MR) is 187 cm³/mol. The quantitative estimate of drug-likeness (QED) is 0.325. The smallest absolute Gasteiger partial charge is 0.161 e. The Kier molecular flexibility index (Phi) is 7.83. The molecule has 2 aromatic rings. The highest BCUT2D eigenvalue weighted by Crippen LogP contribution is 2.57. The molecular weight excluding hydrogens is 537 g/mol. The van der Waals surface area contributed by atoms with Crippen molar-refractivity contribution in [3.63, 3.8) is 0 Å². The molecule has 232 valence electrons. The molecule has 0 aromatic heterocycles. The summed E-state index contributed by atoms with van der Waals surface area (Å²) in [6.07, 6.45) is 12.2. The number of allylic oxidation sites excluding steroid dienone is 3. The molecule has 1 aliphatic heterocycles. The Hall–Kier alpha value is -1.94. The van der Waals surface area contributed by atoms with Crippen molar-refractivity contribution in [2.75, 3.05) is 0 Å². The van der Waals surface area contributed by atoms with Gasteiger partial charge in [-0.05, 0) is 129 Å². The van der Waals surface area contributed by atoms with Crippen molar-refractivity contribution >= 4 is 13.4 Å². The number of nitrogens with zero attached hydrogens (tertiary/aromatic N) is 2. The molecule has 5 unspecified atom stereocenters. The second-order valence-corrected chi connectivity index (χ2v) is 21.5. The van der Waals surface area contributed by atoms with E-state index in [0.717, 1.165) is 13.1 Å². The summed E-state index contributed by atoms with van der Waals surface area (Å²) in [5.74, 6) is 1.22. The van der Waals surface area contributed by atoms with Crippen LogP contribution >= 0.6 is 0 Å². The molecule has 2 saturated carbocycles. The van der Waals surface area contributed by atoms with Gasteiger partial charge in [-0.3, -0.25) is 4.90 Å². The van der Waals surface area contributed by atoms with Gasteiger partial charge in [-0.25, -0.2) is 0 Å². The van der Waals surface area contributed by atoms with Crippen molar-refractivity contribution in [1.82, 2.24) is 9.47 Å². The Balaban J connectivity index is 1.50. The number of hydrogen-bond donors (Lipinski definition) is 0. The van der Waals surface area contributed by atoms with Gasteiger partial charge < -0.3 is 4.57 Å². The lowest BCUT2D eigenvalue weighted by Crippen LogP contribution is -2.73. The number of hydrogen-bond acceptors (Lipinski definition) is 2. The van der Waals surface area contributed by atoms with Gasteiger partial charge in [0.05, 0.1) is 0 Å². The Morgan fingerprint density at radius 1 is 0.698 bits per heavy atom. The van der Waals surface area contributed by atoms with Crippen LogP contribution in [-0.4, -0.2) is 34.8 Å². The Bertz CT molecular complexity index is 1360. The van der Waals surface area contributed by atoms with E-state index in [1.54, 1.807) is 27.5 Å². The molecule has 2 aromatic carbocycles. The summed E-state index contributed by atoms with van der Waals surface area (Å²) in [7, 11) is -2.28. The number of fused-ring (bicyclic) bond motifs is 3. The van der Waals surface area contributed by atoms with Crippen LogP contribution < -0.4 is 5.19 Å². The molecule has 0 amide bonds. The Morgan fingerprint density at radius 3 is 1.70 bits per heavy atom. The SMILES string of the molecule is CC(C)(C)c1ccc([Si](C)(C2CC(N3Cc4ccccc4C3)C3C=C4CCCCC4=CC32)N(C(C)(C)C)C(C)(C)C)cc1. The third-order valence-corrected chi connectivity index (χ3v) is 17.2. The first kappa shape index (κ1) is 31.1. The van der Waals surface area contributed by atoms with Crippen LogP contribution in [0.3, 0.4) is 0 Å². The molecule has 0 radical (unpaired) electrons. The van der Waals surface area contributed by atoms with Crippen molar-refractivity contribution in [2.45, 2.75) is 142 Å². The first-order valence-electron chi connectivity index (χ1n) is 17.2. The van der Waals surface area contributed by atoms with Gasteiger partial charge >= 0.3 is 0 Å². The minimum atomic E-state index is -2.28. The van der Waals surface area contributed by atoms with Crippen molar-refractivity contribution in [2.24, 2.45) is 11.8 Å². The van der Waals surface area contributed by atoms with Crippen LogP contribution in [0.4, 0.5) is 0 Å². The highest BCUT2D eigenvalue weighted by atomic mass is 28.3. The van der Waals surface area contributed by atoms with Gasteiger partial charge in [0.15, 0.2) is 8.24 Å². The van der Waals surface area contributed by atoms with E-state index in [1.165, 1.54) is 37.7 Å². The lowest BCUT2D eigenvalue weighted by atomic mass is 9.77. The average Bonchev–Trinajstić information content (AvgIpc) is 3.51. The molecule has 0 spiro atoms. The van der Waals surface area contributed by atoms with Gasteiger partial charge in [-0.15, -0.1) is 0 Å². The molecule has 1 heterocycles. The summed E-state index contributed by atoms with van der Waals surface area (Å²) in [6.45, 7) is 26.9. The van der Waals surface area contributed by atoms with E-state index < -0.39 is 8.24 Å². The van der Waals surface area contributed by atoms with Crippen molar-refractivity contribution < 1.29 is 0 Å². The molecule has 43 heavy (non-hydrogen) atoms. The fourth-order valence-corrected chi connectivity index (χ4v) is 16.6. The van der Waals surface area contributed by atoms with Gasteiger partial charge in [0.2, 0.25) is 0 Å². The molecule has 0 N–H and O–H groups in total. The summed E-state index contributed by atoms with van der Waals surface area (Å²) in [5.41, 5.74) is 8.85. The first-order chi connectivity index (χ1) is 20.1. The molecule has 0 saturated heterocycles. The van der Waals surface area contributed by atoms with Crippen LogP contribution in [-0.2, 0) is 18.5 Å². The van der Waals surface area contributed by atoms with Crippen molar-refractivity contribution in [3.05, 3.63) is 88.5 Å². The van der Waals surface area contributed by atoms with Crippen LogP contribution in [0.2, 0.25) is 12.1 Å². The molecule has 0 bridgehead atoms. The predicted octanol–water partition coefficient (Wildman–Crippen LogP) is 9.50. The summed E-state index contributed by atoms with van der Waals surface area (Å²) in [4.78, 5) is 2.87. The fourth-order valence-electron chi connectivity index (χ4n) is 10.2. The molecular formula is C40H58N2Si. The molecule has 2 nitrogen and oxygen atoms in total. The van der Waals surface area contributed by atoms with E-state index in [4.69, 9.17) is 0 Å². The van der Waals surface area contributed by atoms with Crippen LogP contribution in [0, 0.1) is 11.8 Å². The van der Waals surface area contributed by atoms with Crippen molar-refractivity contribution in [3.8, 4) is 0 Å². The zero-order chi connectivity index (χ0) is 30.9. The van der Waals surface area contributed by atoms with E-state index in [2.05, 4.69) is 139 Å². The third kappa shape index (κ3) is 5.57. The molecule has 3 heteroatoms. The molecule has 3 aliphatic carbocycles. The molecule has 5 atom stereocenters. The van der Waals surface area contributed by atoms with E-state index in [1.807, 2.05) is 0 Å². The summed E-state index contributed by atoms with van der Waals surface area (Å²) >= 11 is 0. The molecule has 2 fully saturated rings. The van der Waals surface area contributed by atoms with Gasteiger partial charge in [0, 0.05) is 30.2 Å². The van der Waals surface area contributed by atoms with Gasteiger partial charge in [0.1, 0.15) is 0 Å². The second-order valence-electron chi connectivity index (χ2n) is 17.5. The normalized spacial score (nSPS) is 27.7. The van der Waals surface area contributed by atoms with Gasteiger partial charge in [0.25, 0.3) is 0 Å². The highest BCUT2D eigenvalue weighted by Gasteiger charge is 2.59. The zero-order valence-corrected chi connectivity index (χ0v) is 29.9. The van der Waals surface area contributed by atoms with Crippen LogP contribution in [0.5, 0.6) is 0 Å². The number of benzene rings is 2. The van der Waals surface area contributed by atoms with Crippen LogP contribution in [0.15, 0.2) is 71.8 Å². The molecule has 4 aliphatic rings. The van der Waals surface area contributed by atoms with E-state index in [0.29, 0.717) is 23.4 Å². The minimum Gasteiger partial charge on any atom is -0.310 e. The Labute approximate surface area is 264 Å². The lowest BCUT2D eigenvalue weighted by molar-refractivity contribution is 0.124. The topological polar surface area (TPSA) is 6.48 Å². The van der Waals surface area contributed by atoms with E-state index in [9.17, 15) is 0 Å². The monoisotopic (exact) mass is 594 g/mol. The number of rotatable bonds is 4. The summed E-state index contributed by atoms with van der Waals surface area (Å²) in [5, 5.41) is 1.62. The van der Waals surface area contributed by atoms with Crippen LogP contribution in [0.1, 0.15) is 111 Å². The molecule has 6 rings (SSSR count). The van der Waals surface area contributed by atoms with Crippen molar-refractivity contribution in [1.29, 1.82) is 0 Å². The standard InChI is InChI=1S/C40H58N2Si/c1-38(2,3)32-19-21-33(22-20-32)43(10,42(39(4,5)6)40(7,8)9)37-25-36(41-26-30-17-13-14-18-31(30)27-41)34-23-28-15-11-12-16-29(28)24-35(34)37/h13-14,17-24,34-37H,11-12,15-16,25-27H2,1-10H3. The fraction of sp³-hybridized carbons (Fsp3) is 0.600. The zero-order valence-electron chi connectivity index (χ0n) is 28.9. The maximum Gasteiger partial charge on any atom is 0.161 e. The Morgan fingerprint density at radius 2 is 1.21 bits per heavy atom. The highest BCUT2D eigenvalue weighted by molar-refractivity contribution is 6.90.